The standard InChI is InChI=1S/C20H28N6O3/c1-20(2,3)15-11-14(23-24-15)18(28)25-9-6-12(7-10-25)26-17(27)13-5-4-8-21-16(13)22-19(26)29/h4-5,8,12,14-15,23-24H,6-7,9-11H2,1-3H3,(H,21,22,29). The molecule has 9 nitrogen and oxygen atoms in total. The number of nitrogens with one attached hydrogen (secondary N) is 3. The topological polar surface area (TPSA) is 112 Å². The molecule has 4 heterocycles. The molecular weight excluding hydrogens is 372 g/mol. The molecule has 3 N–H and O–H groups in total. The van der Waals surface area contributed by atoms with E-state index in [1.807, 2.05) is 4.90 Å². The summed E-state index contributed by atoms with van der Waals surface area (Å²) in [6.45, 7) is 7.51. The van der Waals surface area contributed by atoms with Crippen molar-refractivity contribution in [3.8, 4) is 0 Å². The Kier molecular flexibility index (Phi) is 5.04. The largest absolute Gasteiger partial charge is 0.341 e. The smallest absolute Gasteiger partial charge is 0.330 e. The van der Waals surface area contributed by atoms with E-state index in [-0.39, 0.29) is 35.0 Å². The van der Waals surface area contributed by atoms with Crippen molar-refractivity contribution in [2.24, 2.45) is 5.41 Å². The summed E-state index contributed by atoms with van der Waals surface area (Å²) < 4.78 is 1.29. The Balaban J connectivity index is 1.45. The quantitative estimate of drug-likeness (QED) is 0.678. The van der Waals surface area contributed by atoms with Gasteiger partial charge in [0.2, 0.25) is 5.91 Å². The van der Waals surface area contributed by atoms with Crippen molar-refractivity contribution in [3.05, 3.63) is 39.2 Å². The zero-order valence-electron chi connectivity index (χ0n) is 17.1. The Morgan fingerprint density at radius 3 is 2.55 bits per heavy atom. The van der Waals surface area contributed by atoms with Gasteiger partial charge in [0.25, 0.3) is 5.56 Å². The summed E-state index contributed by atoms with van der Waals surface area (Å²) in [5.41, 5.74) is 5.98. The number of piperidine rings is 1. The van der Waals surface area contributed by atoms with E-state index in [9.17, 15) is 14.4 Å². The molecule has 0 spiro atoms. The molecule has 2 atom stereocenters. The number of H-pyrrole nitrogens is 1. The SMILES string of the molecule is CC(C)(C)C1CC(C(=O)N2CCC(n3c(=O)[nH]c4ncccc4c3=O)CC2)NN1. The van der Waals surface area contributed by atoms with Gasteiger partial charge in [-0.25, -0.2) is 15.2 Å². The molecule has 0 saturated carbocycles. The number of amides is 1. The number of hydrazine groups is 1. The lowest BCUT2D eigenvalue weighted by molar-refractivity contribution is -0.134. The number of rotatable bonds is 2. The zero-order chi connectivity index (χ0) is 20.8. The Morgan fingerprint density at radius 1 is 1.17 bits per heavy atom. The molecule has 2 unspecified atom stereocenters. The van der Waals surface area contributed by atoms with Crippen molar-refractivity contribution in [1.29, 1.82) is 0 Å². The summed E-state index contributed by atoms with van der Waals surface area (Å²) in [7, 11) is 0. The Labute approximate surface area is 168 Å². The summed E-state index contributed by atoms with van der Waals surface area (Å²) >= 11 is 0. The molecule has 0 radical (unpaired) electrons. The van der Waals surface area contributed by atoms with E-state index in [0.717, 1.165) is 6.42 Å². The molecule has 2 aromatic rings. The molecule has 156 valence electrons. The van der Waals surface area contributed by atoms with Gasteiger partial charge in [0.15, 0.2) is 0 Å². The van der Waals surface area contributed by atoms with Crippen LogP contribution in [0, 0.1) is 5.41 Å². The normalized spacial score (nSPS) is 23.6. The summed E-state index contributed by atoms with van der Waals surface area (Å²) in [6.07, 6.45) is 3.44. The molecule has 2 aliphatic heterocycles. The van der Waals surface area contributed by atoms with Gasteiger partial charge in [0, 0.05) is 31.4 Å². The van der Waals surface area contributed by atoms with E-state index in [1.165, 1.54) is 4.57 Å². The van der Waals surface area contributed by atoms with E-state index >= 15 is 0 Å². The number of carbonyl (C=O) groups is 1. The summed E-state index contributed by atoms with van der Waals surface area (Å²) in [5.74, 6) is 0.0756. The molecule has 0 aromatic carbocycles. The average Bonchev–Trinajstić information content (AvgIpc) is 3.19. The highest BCUT2D eigenvalue weighted by atomic mass is 16.2. The highest BCUT2D eigenvalue weighted by molar-refractivity contribution is 5.82. The van der Waals surface area contributed by atoms with Crippen molar-refractivity contribution < 1.29 is 4.79 Å². The fraction of sp³-hybridized carbons (Fsp3) is 0.600. The third-order valence-electron chi connectivity index (χ3n) is 6.09. The Hall–Kier alpha value is -2.52. The van der Waals surface area contributed by atoms with Crippen LogP contribution in [0.25, 0.3) is 11.0 Å². The number of carbonyl (C=O) groups excluding carboxylic acids is 1. The van der Waals surface area contributed by atoms with E-state index < -0.39 is 5.69 Å². The van der Waals surface area contributed by atoms with Crippen LogP contribution in [0.5, 0.6) is 0 Å². The zero-order valence-corrected chi connectivity index (χ0v) is 17.1. The maximum atomic E-state index is 12.9. The van der Waals surface area contributed by atoms with Crippen LogP contribution < -0.4 is 22.1 Å². The second-order valence-electron chi connectivity index (χ2n) is 9.06. The van der Waals surface area contributed by atoms with Crippen LogP contribution in [0.1, 0.15) is 46.1 Å². The second kappa shape index (κ2) is 7.38. The summed E-state index contributed by atoms with van der Waals surface area (Å²) in [4.78, 5) is 46.8. The van der Waals surface area contributed by atoms with Crippen molar-refractivity contribution in [2.75, 3.05) is 13.1 Å². The summed E-state index contributed by atoms with van der Waals surface area (Å²) in [6, 6.07) is 3.12. The molecule has 2 saturated heterocycles. The number of nitrogens with zero attached hydrogens (tertiary/aromatic N) is 3. The van der Waals surface area contributed by atoms with E-state index in [0.29, 0.717) is 37.0 Å². The fourth-order valence-electron chi connectivity index (χ4n) is 4.24. The number of hydrogen-bond acceptors (Lipinski definition) is 6. The number of hydrogen-bond donors (Lipinski definition) is 3. The van der Waals surface area contributed by atoms with Crippen molar-refractivity contribution in [3.63, 3.8) is 0 Å². The first kappa shape index (κ1) is 19.8. The summed E-state index contributed by atoms with van der Waals surface area (Å²) in [5, 5.41) is 0.403. The first-order valence-electron chi connectivity index (χ1n) is 10.1. The molecule has 0 aliphatic carbocycles. The lowest BCUT2D eigenvalue weighted by Crippen LogP contribution is -2.50. The van der Waals surface area contributed by atoms with Gasteiger partial charge in [-0.1, -0.05) is 20.8 Å². The minimum absolute atomic E-state index is 0.0716. The maximum absolute atomic E-state index is 12.9. The molecule has 4 rings (SSSR count). The number of likely N-dealkylation sites (tertiary alicyclic amines) is 1. The van der Waals surface area contributed by atoms with Crippen molar-refractivity contribution in [1.82, 2.24) is 30.3 Å². The number of aromatic nitrogens is 3. The Bertz CT molecular complexity index is 1030. The van der Waals surface area contributed by atoms with Crippen molar-refractivity contribution >= 4 is 16.9 Å². The van der Waals surface area contributed by atoms with Gasteiger partial charge >= 0.3 is 5.69 Å². The predicted octanol–water partition coefficient (Wildman–Crippen LogP) is 0.530. The van der Waals surface area contributed by atoms with Crippen LogP contribution in [-0.4, -0.2) is 50.5 Å². The molecular formula is C20H28N6O3. The monoisotopic (exact) mass is 400 g/mol. The molecule has 29 heavy (non-hydrogen) atoms. The van der Waals surface area contributed by atoms with Crippen LogP contribution in [0.2, 0.25) is 0 Å². The fourth-order valence-corrected chi connectivity index (χ4v) is 4.24. The van der Waals surface area contributed by atoms with Gasteiger partial charge in [-0.2, -0.15) is 0 Å². The molecule has 0 bridgehead atoms. The maximum Gasteiger partial charge on any atom is 0.330 e. The highest BCUT2D eigenvalue weighted by Crippen LogP contribution is 2.27. The first-order chi connectivity index (χ1) is 13.8. The van der Waals surface area contributed by atoms with E-state index in [2.05, 4.69) is 41.6 Å². The molecule has 2 aromatic heterocycles. The van der Waals surface area contributed by atoms with Crippen LogP contribution in [0.3, 0.4) is 0 Å². The van der Waals surface area contributed by atoms with Crippen LogP contribution in [0.4, 0.5) is 0 Å². The van der Waals surface area contributed by atoms with Gasteiger partial charge in [-0.15, -0.1) is 0 Å². The van der Waals surface area contributed by atoms with Crippen LogP contribution in [-0.2, 0) is 4.79 Å². The molecule has 1 amide bonds. The Morgan fingerprint density at radius 2 is 1.90 bits per heavy atom. The van der Waals surface area contributed by atoms with Gasteiger partial charge in [0.1, 0.15) is 11.7 Å². The van der Waals surface area contributed by atoms with Gasteiger partial charge in [0.05, 0.1) is 5.39 Å². The van der Waals surface area contributed by atoms with Crippen LogP contribution in [0.15, 0.2) is 27.9 Å². The van der Waals surface area contributed by atoms with Crippen LogP contribution >= 0.6 is 0 Å². The van der Waals surface area contributed by atoms with E-state index in [1.54, 1.807) is 18.3 Å². The number of fused-ring (bicyclic) bond motifs is 1. The second-order valence-corrected chi connectivity index (χ2v) is 9.06. The predicted molar refractivity (Wildman–Crippen MR) is 109 cm³/mol. The number of aromatic amines is 1. The third kappa shape index (κ3) is 3.72. The van der Waals surface area contributed by atoms with E-state index in [4.69, 9.17) is 0 Å². The number of pyridine rings is 1. The lowest BCUT2D eigenvalue weighted by atomic mass is 9.84. The first-order valence-corrected chi connectivity index (χ1v) is 10.1. The molecule has 2 aliphatic rings. The molecule has 2 fully saturated rings. The van der Waals surface area contributed by atoms with Gasteiger partial charge in [-0.3, -0.25) is 24.6 Å². The highest BCUT2D eigenvalue weighted by Gasteiger charge is 2.38. The third-order valence-corrected chi connectivity index (χ3v) is 6.09. The van der Waals surface area contributed by atoms with Gasteiger partial charge < -0.3 is 4.90 Å². The van der Waals surface area contributed by atoms with Crippen molar-refractivity contribution in [2.45, 2.75) is 58.2 Å². The average molecular weight is 400 g/mol. The molecule has 9 heteroatoms. The minimum atomic E-state index is -0.444. The lowest BCUT2D eigenvalue weighted by Gasteiger charge is -2.34. The van der Waals surface area contributed by atoms with Gasteiger partial charge in [-0.05, 0) is 36.8 Å². The minimum Gasteiger partial charge on any atom is -0.341 e.